The van der Waals surface area contributed by atoms with Crippen LogP contribution in [-0.4, -0.2) is 33.2 Å². The van der Waals surface area contributed by atoms with E-state index in [0.29, 0.717) is 0 Å². The van der Waals surface area contributed by atoms with Gasteiger partial charge in [0, 0.05) is 19.0 Å². The van der Waals surface area contributed by atoms with Crippen LogP contribution in [0.15, 0.2) is 35.6 Å². The minimum atomic E-state index is -0.947. The Bertz CT molecular complexity index is 767. The SMILES string of the molecule is CC(C)CC(=O)C1=C(O)C(=O)N(CC(C)C)C1c1ccccc1[N+](=O)[O-]. The van der Waals surface area contributed by atoms with Crippen molar-refractivity contribution in [2.45, 2.75) is 40.2 Å². The van der Waals surface area contributed by atoms with Crippen LogP contribution in [0.1, 0.15) is 45.7 Å². The van der Waals surface area contributed by atoms with Crippen molar-refractivity contribution >= 4 is 17.4 Å². The molecule has 1 aromatic rings. The van der Waals surface area contributed by atoms with E-state index >= 15 is 0 Å². The highest BCUT2D eigenvalue weighted by Gasteiger charge is 2.45. The van der Waals surface area contributed by atoms with Crippen molar-refractivity contribution in [2.75, 3.05) is 6.54 Å². The summed E-state index contributed by atoms with van der Waals surface area (Å²) >= 11 is 0. The highest BCUT2D eigenvalue weighted by atomic mass is 16.6. The molecule has 7 nitrogen and oxygen atoms in total. The van der Waals surface area contributed by atoms with E-state index in [1.165, 1.54) is 23.1 Å². The van der Waals surface area contributed by atoms with Crippen molar-refractivity contribution < 1.29 is 19.6 Å². The van der Waals surface area contributed by atoms with Crippen molar-refractivity contribution in [3.8, 4) is 0 Å². The molecule has 0 bridgehead atoms. The zero-order chi connectivity index (χ0) is 19.6. The minimum absolute atomic E-state index is 0.0310. The molecule has 0 saturated carbocycles. The van der Waals surface area contributed by atoms with Gasteiger partial charge in [-0.15, -0.1) is 0 Å². The number of aliphatic hydroxyl groups excluding tert-OH is 1. The van der Waals surface area contributed by atoms with Gasteiger partial charge in [-0.3, -0.25) is 19.7 Å². The Balaban J connectivity index is 2.63. The first kappa shape index (κ1) is 19.6. The number of hydrogen-bond donors (Lipinski definition) is 1. The summed E-state index contributed by atoms with van der Waals surface area (Å²) in [7, 11) is 0. The molecule has 0 fully saturated rings. The van der Waals surface area contributed by atoms with Crippen molar-refractivity contribution in [3.63, 3.8) is 0 Å². The molecule has 0 aromatic heterocycles. The number of hydrogen-bond acceptors (Lipinski definition) is 5. The highest BCUT2D eigenvalue weighted by Crippen LogP contribution is 2.42. The third-order valence-electron chi connectivity index (χ3n) is 4.19. The number of ketones is 1. The number of aliphatic hydroxyl groups is 1. The Kier molecular flexibility index (Phi) is 5.79. The summed E-state index contributed by atoms with van der Waals surface area (Å²) in [6, 6.07) is 5.08. The Hall–Kier alpha value is -2.70. The van der Waals surface area contributed by atoms with Crippen LogP contribution in [0.25, 0.3) is 0 Å². The topological polar surface area (TPSA) is 101 Å². The number of carbonyl (C=O) groups is 2. The van der Waals surface area contributed by atoms with E-state index < -0.39 is 22.6 Å². The molecule has 140 valence electrons. The fraction of sp³-hybridized carbons (Fsp3) is 0.474. The zero-order valence-corrected chi connectivity index (χ0v) is 15.4. The van der Waals surface area contributed by atoms with E-state index in [0.717, 1.165) is 0 Å². The number of para-hydroxylation sites is 1. The van der Waals surface area contributed by atoms with Gasteiger partial charge in [0.2, 0.25) is 0 Å². The summed E-state index contributed by atoms with van der Waals surface area (Å²) in [6.07, 6.45) is 0.152. The van der Waals surface area contributed by atoms with Crippen LogP contribution in [0, 0.1) is 22.0 Å². The molecule has 1 amide bonds. The lowest BCUT2D eigenvalue weighted by atomic mass is 9.91. The summed E-state index contributed by atoms with van der Waals surface area (Å²) < 4.78 is 0. The van der Waals surface area contributed by atoms with Gasteiger partial charge in [0.15, 0.2) is 11.5 Å². The largest absolute Gasteiger partial charge is 0.503 e. The number of amides is 1. The second-order valence-electron chi connectivity index (χ2n) is 7.35. The van der Waals surface area contributed by atoms with Crippen LogP contribution in [0.2, 0.25) is 0 Å². The lowest BCUT2D eigenvalue weighted by molar-refractivity contribution is -0.385. The molecule has 1 N–H and O–H groups in total. The summed E-state index contributed by atoms with van der Waals surface area (Å²) in [4.78, 5) is 37.6. The summed E-state index contributed by atoms with van der Waals surface area (Å²) in [5, 5.41) is 21.8. The maximum Gasteiger partial charge on any atom is 0.290 e. The molecule has 0 radical (unpaired) electrons. The normalized spacial score (nSPS) is 17.5. The predicted octanol–water partition coefficient (Wildman–Crippen LogP) is 3.56. The molecule has 1 atom stereocenters. The van der Waals surface area contributed by atoms with E-state index in [9.17, 15) is 24.8 Å². The van der Waals surface area contributed by atoms with E-state index in [2.05, 4.69) is 0 Å². The Morgan fingerprint density at radius 2 is 1.85 bits per heavy atom. The number of benzene rings is 1. The standard InChI is InChI=1S/C19H24N2O5/c1-11(2)9-15(22)16-17(13-7-5-6-8-14(13)21(25)26)20(10-12(3)4)19(24)18(16)23/h5-8,11-12,17,23H,9-10H2,1-4H3. The third kappa shape index (κ3) is 3.76. The average molecular weight is 360 g/mol. The van der Waals surface area contributed by atoms with E-state index in [-0.39, 0.29) is 47.4 Å². The van der Waals surface area contributed by atoms with E-state index in [1.54, 1.807) is 6.07 Å². The Morgan fingerprint density at radius 3 is 2.38 bits per heavy atom. The van der Waals surface area contributed by atoms with E-state index in [4.69, 9.17) is 0 Å². The van der Waals surface area contributed by atoms with Crippen LogP contribution in [-0.2, 0) is 9.59 Å². The first-order valence-corrected chi connectivity index (χ1v) is 8.65. The molecule has 7 heteroatoms. The molecule has 1 aliphatic heterocycles. The Morgan fingerprint density at radius 1 is 1.23 bits per heavy atom. The van der Waals surface area contributed by atoms with Crippen LogP contribution >= 0.6 is 0 Å². The molecular formula is C19H24N2O5. The minimum Gasteiger partial charge on any atom is -0.503 e. The number of rotatable bonds is 7. The van der Waals surface area contributed by atoms with Gasteiger partial charge >= 0.3 is 0 Å². The Labute approximate surface area is 152 Å². The molecule has 1 aliphatic rings. The molecule has 26 heavy (non-hydrogen) atoms. The van der Waals surface area contributed by atoms with E-state index in [1.807, 2.05) is 27.7 Å². The number of nitro groups is 1. The van der Waals surface area contributed by atoms with Gasteiger partial charge < -0.3 is 10.0 Å². The molecule has 0 saturated heterocycles. The van der Waals surface area contributed by atoms with Crippen LogP contribution in [0.3, 0.4) is 0 Å². The van der Waals surface area contributed by atoms with Crippen molar-refractivity contribution in [2.24, 2.45) is 11.8 Å². The maximum atomic E-state index is 12.7. The average Bonchev–Trinajstić information content (AvgIpc) is 2.78. The number of Topliss-reactive ketones (excluding diaryl/α,β-unsaturated/α-hetero) is 1. The summed E-state index contributed by atoms with van der Waals surface area (Å²) in [5.74, 6) is -1.52. The second kappa shape index (κ2) is 7.68. The number of nitrogens with zero attached hydrogens (tertiary/aromatic N) is 2. The van der Waals surface area contributed by atoms with Gasteiger partial charge in [0.25, 0.3) is 11.6 Å². The monoisotopic (exact) mass is 360 g/mol. The van der Waals surface area contributed by atoms with Gasteiger partial charge in [-0.05, 0) is 17.9 Å². The molecule has 1 unspecified atom stereocenters. The van der Waals surface area contributed by atoms with Crippen molar-refractivity contribution in [3.05, 3.63) is 51.3 Å². The number of nitro benzene ring substituents is 1. The molecule has 0 aliphatic carbocycles. The lowest BCUT2D eigenvalue weighted by Crippen LogP contribution is -2.34. The van der Waals surface area contributed by atoms with Crippen LogP contribution in [0.4, 0.5) is 5.69 Å². The molecule has 2 rings (SSSR count). The molecule has 1 aromatic carbocycles. The van der Waals surface area contributed by atoms with Crippen molar-refractivity contribution in [1.82, 2.24) is 4.90 Å². The zero-order valence-electron chi connectivity index (χ0n) is 15.4. The smallest absolute Gasteiger partial charge is 0.290 e. The quantitative estimate of drug-likeness (QED) is 0.592. The summed E-state index contributed by atoms with van der Waals surface area (Å²) in [5.41, 5.74) is 0.0184. The van der Waals surface area contributed by atoms with Crippen LogP contribution in [0.5, 0.6) is 0 Å². The lowest BCUT2D eigenvalue weighted by Gasteiger charge is -2.28. The molecule has 1 heterocycles. The molecular weight excluding hydrogens is 336 g/mol. The number of carbonyl (C=O) groups excluding carboxylic acids is 2. The second-order valence-corrected chi connectivity index (χ2v) is 7.35. The van der Waals surface area contributed by atoms with Gasteiger partial charge in [-0.2, -0.15) is 0 Å². The summed E-state index contributed by atoms with van der Waals surface area (Å²) in [6.45, 7) is 7.79. The van der Waals surface area contributed by atoms with Gasteiger partial charge in [-0.25, -0.2) is 0 Å². The highest BCUT2D eigenvalue weighted by molar-refractivity contribution is 6.09. The van der Waals surface area contributed by atoms with Crippen molar-refractivity contribution in [1.29, 1.82) is 0 Å². The van der Waals surface area contributed by atoms with Crippen LogP contribution < -0.4 is 0 Å². The molecule has 0 spiro atoms. The first-order chi connectivity index (χ1) is 12.1. The van der Waals surface area contributed by atoms with Gasteiger partial charge in [-0.1, -0.05) is 39.8 Å². The fourth-order valence-corrected chi connectivity index (χ4v) is 3.21. The van der Waals surface area contributed by atoms with Gasteiger partial charge in [0.1, 0.15) is 0 Å². The first-order valence-electron chi connectivity index (χ1n) is 8.65. The predicted molar refractivity (Wildman–Crippen MR) is 96.5 cm³/mol. The maximum absolute atomic E-state index is 12.7. The third-order valence-corrected chi connectivity index (χ3v) is 4.19. The van der Waals surface area contributed by atoms with Gasteiger partial charge in [0.05, 0.1) is 22.1 Å². The fourth-order valence-electron chi connectivity index (χ4n) is 3.21.